The van der Waals surface area contributed by atoms with Crippen LogP contribution in [0.3, 0.4) is 0 Å². The Hall–Kier alpha value is -2.30. The van der Waals surface area contributed by atoms with Gasteiger partial charge in [-0.15, -0.1) is 0 Å². The van der Waals surface area contributed by atoms with Crippen LogP contribution in [-0.2, 0) is 19.1 Å². The molecule has 4 heterocycles. The minimum atomic E-state index is -0.332. The lowest BCUT2D eigenvalue weighted by Gasteiger charge is -2.52. The Morgan fingerprint density at radius 1 is 1.11 bits per heavy atom. The largest absolute Gasteiger partial charge is 0.458 e. The molecule has 3 N–H and O–H groups in total. The van der Waals surface area contributed by atoms with Crippen LogP contribution in [0, 0.1) is 11.8 Å². The molecule has 46 heavy (non-hydrogen) atoms. The molecule has 7 rings (SSSR count). The van der Waals surface area contributed by atoms with Crippen molar-refractivity contribution in [3.05, 3.63) is 35.5 Å². The van der Waals surface area contributed by atoms with Gasteiger partial charge >= 0.3 is 12.0 Å². The van der Waals surface area contributed by atoms with Crippen LogP contribution in [0.15, 0.2) is 35.5 Å². The summed E-state index contributed by atoms with van der Waals surface area (Å²) in [6.07, 6.45) is 21.6. The standard InChI is InChI=1S/C36H52N4O5S/c1-40(2)25-20-29(27-19-24-15-14-23-9-8-10-26(23)36(24)17-16-35(27,21-25)45-36)44-32(42)13-4-3-7-18-37-31(41)12-6-5-11-30-33-28(22-46-30)38-34(43)39-33/h8-9,15,19,23,25-26,28-30,33H,3-7,10-14,16-18,20-22H2,1-2H3,(H,37,41)(H2,38,39,43)/t23?,25-,26-,28?,29+,30?,33?,35-,36-/m1/s1. The van der Waals surface area contributed by atoms with Crippen molar-refractivity contribution in [2.24, 2.45) is 11.8 Å². The van der Waals surface area contributed by atoms with Crippen LogP contribution in [0.2, 0.25) is 0 Å². The van der Waals surface area contributed by atoms with Gasteiger partial charge in [0.2, 0.25) is 5.91 Å². The highest BCUT2D eigenvalue weighted by molar-refractivity contribution is 8.00. The number of hydrogen-bond acceptors (Lipinski definition) is 7. The summed E-state index contributed by atoms with van der Waals surface area (Å²) >= 11 is 1.92. The normalized spacial score (nSPS) is 38.2. The highest BCUT2D eigenvalue weighted by Gasteiger charge is 2.64. The second-order valence-corrected chi connectivity index (χ2v) is 16.3. The van der Waals surface area contributed by atoms with E-state index in [1.807, 2.05) is 11.8 Å². The lowest BCUT2D eigenvalue weighted by atomic mass is 9.67. The van der Waals surface area contributed by atoms with Gasteiger partial charge in [0.15, 0.2) is 0 Å². The molecular weight excluding hydrogens is 600 g/mol. The predicted molar refractivity (Wildman–Crippen MR) is 179 cm³/mol. The molecule has 4 unspecified atom stereocenters. The minimum absolute atomic E-state index is 0.0505. The van der Waals surface area contributed by atoms with E-state index in [1.165, 1.54) is 11.1 Å². The highest BCUT2D eigenvalue weighted by atomic mass is 32.2. The molecule has 0 aromatic carbocycles. The van der Waals surface area contributed by atoms with E-state index in [4.69, 9.17) is 9.47 Å². The number of esters is 1. The van der Waals surface area contributed by atoms with E-state index < -0.39 is 0 Å². The van der Waals surface area contributed by atoms with Crippen molar-refractivity contribution < 1.29 is 23.9 Å². The van der Waals surface area contributed by atoms with Crippen molar-refractivity contribution in [1.29, 1.82) is 0 Å². The maximum atomic E-state index is 13.1. The first-order chi connectivity index (χ1) is 22.3. The van der Waals surface area contributed by atoms with Crippen LogP contribution in [-0.4, -0.2) is 89.9 Å². The average Bonchev–Trinajstić information content (AvgIpc) is 3.80. The van der Waals surface area contributed by atoms with Gasteiger partial charge < -0.3 is 30.3 Å². The number of allylic oxidation sites excluding steroid dienone is 3. The van der Waals surface area contributed by atoms with E-state index in [1.54, 1.807) is 0 Å². The first-order valence-corrected chi connectivity index (χ1v) is 18.9. The molecule has 2 spiro atoms. The number of rotatable bonds is 13. The van der Waals surface area contributed by atoms with Gasteiger partial charge in [-0.1, -0.05) is 37.1 Å². The minimum Gasteiger partial charge on any atom is -0.458 e. The summed E-state index contributed by atoms with van der Waals surface area (Å²) in [5.41, 5.74) is 2.01. The number of nitrogens with zero attached hydrogens (tertiary/aromatic N) is 1. The fourth-order valence-corrected chi connectivity index (χ4v) is 11.0. The molecule has 7 aliphatic rings. The van der Waals surface area contributed by atoms with Crippen molar-refractivity contribution in [3.63, 3.8) is 0 Å². The number of amides is 3. The lowest BCUT2D eigenvalue weighted by molar-refractivity contribution is -0.160. The van der Waals surface area contributed by atoms with E-state index in [0.29, 0.717) is 42.5 Å². The molecule has 9 nitrogen and oxygen atoms in total. The zero-order valence-corrected chi connectivity index (χ0v) is 28.4. The summed E-state index contributed by atoms with van der Waals surface area (Å²) in [5.74, 6) is 2.05. The fourth-order valence-electron chi connectivity index (χ4n) is 9.49. The number of ether oxygens (including phenoxy) is 2. The van der Waals surface area contributed by atoms with Crippen molar-refractivity contribution in [3.8, 4) is 0 Å². The van der Waals surface area contributed by atoms with Crippen LogP contribution >= 0.6 is 11.8 Å². The molecule has 2 bridgehead atoms. The summed E-state index contributed by atoms with van der Waals surface area (Å²) in [4.78, 5) is 39.3. The highest BCUT2D eigenvalue weighted by Crippen LogP contribution is 2.62. The number of carbonyl (C=O) groups is 3. The summed E-state index contributed by atoms with van der Waals surface area (Å²) in [6, 6.07) is 0.735. The number of fused-ring (bicyclic) bond motifs is 2. The Morgan fingerprint density at radius 2 is 1.98 bits per heavy atom. The van der Waals surface area contributed by atoms with Gasteiger partial charge in [-0.2, -0.15) is 11.8 Å². The average molecular weight is 653 g/mol. The molecule has 3 aliphatic carbocycles. The molecule has 1 saturated carbocycles. The first kappa shape index (κ1) is 32.3. The molecule has 3 saturated heterocycles. The van der Waals surface area contributed by atoms with Crippen molar-refractivity contribution in [2.75, 3.05) is 26.4 Å². The SMILES string of the molecule is CN(C)[C@@H]1C[C@H](OC(=O)CCCCCNC(=O)CCCCC2SCC3NC(=O)NC32)C2=CC3=CCC4C=CC[C@H]4[C@@]34CC[C@]2(C1)O4. The molecule has 0 radical (unpaired) electrons. The second kappa shape index (κ2) is 13.3. The zero-order valence-electron chi connectivity index (χ0n) is 27.6. The van der Waals surface area contributed by atoms with E-state index in [9.17, 15) is 14.4 Å². The van der Waals surface area contributed by atoms with Gasteiger partial charge in [0.25, 0.3) is 0 Å². The molecule has 0 aromatic heterocycles. The number of carbonyl (C=O) groups excluding carboxylic acids is 3. The molecular formula is C36H52N4O5S. The van der Waals surface area contributed by atoms with E-state index >= 15 is 0 Å². The van der Waals surface area contributed by atoms with Crippen molar-refractivity contribution >= 4 is 29.7 Å². The number of urea groups is 1. The van der Waals surface area contributed by atoms with Crippen LogP contribution in [0.25, 0.3) is 0 Å². The smallest absolute Gasteiger partial charge is 0.315 e. The Kier molecular flexibility index (Phi) is 9.33. The Balaban J connectivity index is 0.829. The summed E-state index contributed by atoms with van der Waals surface area (Å²) in [7, 11) is 4.26. The van der Waals surface area contributed by atoms with E-state index in [2.05, 4.69) is 59.2 Å². The molecule has 10 heteroatoms. The Labute approximate surface area is 278 Å². The van der Waals surface area contributed by atoms with Gasteiger partial charge in [0.05, 0.1) is 23.3 Å². The van der Waals surface area contributed by atoms with Gasteiger partial charge in [0, 0.05) is 54.3 Å². The second-order valence-electron chi connectivity index (χ2n) is 15.0. The summed E-state index contributed by atoms with van der Waals surface area (Å²) in [5, 5.41) is 9.49. The Morgan fingerprint density at radius 3 is 2.85 bits per heavy atom. The number of nitrogens with one attached hydrogen (secondary N) is 3. The zero-order chi connectivity index (χ0) is 31.9. The molecule has 9 atom stereocenters. The monoisotopic (exact) mass is 652 g/mol. The van der Waals surface area contributed by atoms with Crippen LogP contribution in [0.1, 0.15) is 89.9 Å². The van der Waals surface area contributed by atoms with E-state index in [-0.39, 0.29) is 47.3 Å². The van der Waals surface area contributed by atoms with Crippen molar-refractivity contribution in [1.82, 2.24) is 20.9 Å². The maximum Gasteiger partial charge on any atom is 0.315 e. The summed E-state index contributed by atoms with van der Waals surface area (Å²) < 4.78 is 13.5. The van der Waals surface area contributed by atoms with Crippen LogP contribution in [0.4, 0.5) is 4.79 Å². The lowest BCUT2D eigenvalue weighted by Crippen LogP contribution is -2.56. The predicted octanol–water partition coefficient (Wildman–Crippen LogP) is 4.78. The molecule has 252 valence electrons. The fraction of sp³-hybridized carbons (Fsp3) is 0.750. The number of hydrogen-bond donors (Lipinski definition) is 3. The van der Waals surface area contributed by atoms with Crippen LogP contribution < -0.4 is 16.0 Å². The number of unbranched alkanes of at least 4 members (excludes halogenated alkanes) is 3. The molecule has 4 aliphatic heterocycles. The van der Waals surface area contributed by atoms with E-state index in [0.717, 1.165) is 82.8 Å². The third kappa shape index (κ3) is 6.18. The first-order valence-electron chi connectivity index (χ1n) is 17.9. The maximum absolute atomic E-state index is 13.1. The van der Waals surface area contributed by atoms with Gasteiger partial charge in [-0.25, -0.2) is 4.79 Å². The van der Waals surface area contributed by atoms with Gasteiger partial charge in [-0.3, -0.25) is 9.59 Å². The summed E-state index contributed by atoms with van der Waals surface area (Å²) in [6.45, 7) is 0.641. The molecule has 0 aromatic rings. The number of thioether (sulfide) groups is 1. The van der Waals surface area contributed by atoms with Gasteiger partial charge in [0.1, 0.15) is 6.10 Å². The molecule has 4 fully saturated rings. The third-order valence-corrected chi connectivity index (χ3v) is 13.5. The topological polar surface area (TPSA) is 109 Å². The van der Waals surface area contributed by atoms with Crippen LogP contribution in [0.5, 0.6) is 0 Å². The Bertz CT molecular complexity index is 1300. The van der Waals surface area contributed by atoms with Gasteiger partial charge in [-0.05, 0) is 83.4 Å². The molecule has 3 amide bonds. The van der Waals surface area contributed by atoms with Crippen molar-refractivity contribution in [2.45, 2.75) is 131 Å². The quantitative estimate of drug-likeness (QED) is 0.114. The third-order valence-electron chi connectivity index (χ3n) is 12.0.